The Bertz CT molecular complexity index is 578. The lowest BCUT2D eigenvalue weighted by molar-refractivity contribution is 0.0320. The molecule has 2 fully saturated rings. The van der Waals surface area contributed by atoms with Crippen LogP contribution in [-0.2, 0) is 0 Å². The Morgan fingerprint density at radius 3 is 2.74 bits per heavy atom. The highest BCUT2D eigenvalue weighted by atomic mass is 16.3. The molecule has 1 saturated heterocycles. The van der Waals surface area contributed by atoms with Gasteiger partial charge in [-0.1, -0.05) is 12.8 Å². The minimum absolute atomic E-state index is 0.122. The number of rotatable bonds is 2. The summed E-state index contributed by atoms with van der Waals surface area (Å²) in [5.74, 6) is 0.704. The maximum absolute atomic E-state index is 12.6. The Morgan fingerprint density at radius 2 is 2.00 bits per heavy atom. The van der Waals surface area contributed by atoms with Gasteiger partial charge in [-0.15, -0.1) is 5.10 Å². The van der Waals surface area contributed by atoms with E-state index in [1.54, 1.807) is 0 Å². The van der Waals surface area contributed by atoms with Gasteiger partial charge < -0.3 is 10.0 Å². The Hall–Kier alpha value is -1.69. The van der Waals surface area contributed by atoms with Crippen molar-refractivity contribution in [1.82, 2.24) is 15.1 Å². The fraction of sp³-hybridized carbons (Fsp3) is 0.706. The molecule has 6 heteroatoms. The molecule has 1 aromatic heterocycles. The molecule has 2 N–H and O–H groups in total. The number of amides is 2. The molecular weight excluding hydrogens is 292 g/mol. The number of nitrogens with one attached hydrogen (secondary N) is 1. The summed E-state index contributed by atoms with van der Waals surface area (Å²) < 4.78 is 0. The van der Waals surface area contributed by atoms with Gasteiger partial charge in [-0.25, -0.2) is 4.79 Å². The molecule has 0 bridgehead atoms. The number of carbonyl (C=O) groups is 1. The smallest absolute Gasteiger partial charge is 0.323 e. The summed E-state index contributed by atoms with van der Waals surface area (Å²) in [4.78, 5) is 14.5. The first-order valence-electron chi connectivity index (χ1n) is 8.63. The monoisotopic (exact) mass is 318 g/mol. The van der Waals surface area contributed by atoms with Crippen LogP contribution in [0.25, 0.3) is 0 Å². The average molecular weight is 318 g/mol. The topological polar surface area (TPSA) is 78.4 Å². The van der Waals surface area contributed by atoms with Crippen molar-refractivity contribution in [2.24, 2.45) is 5.92 Å². The molecule has 126 valence electrons. The van der Waals surface area contributed by atoms with Crippen LogP contribution in [0.2, 0.25) is 0 Å². The van der Waals surface area contributed by atoms with E-state index in [0.717, 1.165) is 56.3 Å². The summed E-state index contributed by atoms with van der Waals surface area (Å²) in [6.45, 7) is 4.60. The molecule has 1 aromatic rings. The third-order valence-corrected chi connectivity index (χ3v) is 5.30. The molecule has 2 amide bonds. The normalized spacial score (nSPS) is 28.0. The first kappa shape index (κ1) is 16.2. The Labute approximate surface area is 137 Å². The summed E-state index contributed by atoms with van der Waals surface area (Å²) in [5.41, 5.74) is 1.88. The van der Waals surface area contributed by atoms with E-state index in [1.807, 2.05) is 24.8 Å². The molecule has 3 rings (SSSR count). The van der Waals surface area contributed by atoms with Crippen molar-refractivity contribution in [3.8, 4) is 0 Å². The number of aliphatic hydroxyl groups is 1. The fourth-order valence-electron chi connectivity index (χ4n) is 3.87. The second-order valence-corrected chi connectivity index (χ2v) is 6.85. The molecule has 2 heterocycles. The number of aliphatic hydroxyl groups excluding tert-OH is 1. The van der Waals surface area contributed by atoms with Crippen molar-refractivity contribution in [3.05, 3.63) is 17.3 Å². The molecule has 6 nitrogen and oxygen atoms in total. The quantitative estimate of drug-likeness (QED) is 0.878. The highest BCUT2D eigenvalue weighted by molar-refractivity contribution is 5.88. The van der Waals surface area contributed by atoms with Gasteiger partial charge in [-0.05, 0) is 51.2 Å². The number of likely N-dealkylation sites (tertiary alicyclic amines) is 1. The number of nitrogens with zero attached hydrogens (tertiary/aromatic N) is 3. The van der Waals surface area contributed by atoms with E-state index in [1.165, 1.54) is 0 Å². The molecule has 0 aromatic carbocycles. The van der Waals surface area contributed by atoms with E-state index < -0.39 is 0 Å². The Morgan fingerprint density at radius 1 is 1.22 bits per heavy atom. The maximum atomic E-state index is 12.6. The lowest BCUT2D eigenvalue weighted by Crippen LogP contribution is -2.46. The third-order valence-electron chi connectivity index (χ3n) is 5.30. The standard InChI is InChI=1S/C17H26N4O2/c1-11-10-16(20-19-12(11)2)18-17(23)21-9-5-7-14(21)13-6-3-4-8-15(13)22/h10,13-15,22H,3-9H2,1-2H3,(H,18,20,23)/t13-,14-,15+/m1/s1. The van der Waals surface area contributed by atoms with Gasteiger partial charge in [0.1, 0.15) is 0 Å². The van der Waals surface area contributed by atoms with Gasteiger partial charge in [0, 0.05) is 18.5 Å². The van der Waals surface area contributed by atoms with Gasteiger partial charge in [0.25, 0.3) is 0 Å². The van der Waals surface area contributed by atoms with Crippen LogP contribution >= 0.6 is 0 Å². The van der Waals surface area contributed by atoms with Crippen LogP contribution in [0.4, 0.5) is 10.6 Å². The van der Waals surface area contributed by atoms with Crippen molar-refractivity contribution in [2.75, 3.05) is 11.9 Å². The largest absolute Gasteiger partial charge is 0.393 e. The number of urea groups is 1. The van der Waals surface area contributed by atoms with Crippen LogP contribution in [0.3, 0.4) is 0 Å². The first-order chi connectivity index (χ1) is 11.1. The van der Waals surface area contributed by atoms with E-state index in [2.05, 4.69) is 15.5 Å². The number of anilines is 1. The predicted molar refractivity (Wildman–Crippen MR) is 88.2 cm³/mol. The molecule has 0 unspecified atom stereocenters. The van der Waals surface area contributed by atoms with Crippen LogP contribution in [0.15, 0.2) is 6.07 Å². The number of hydrogen-bond donors (Lipinski definition) is 2. The van der Waals surface area contributed by atoms with E-state index in [0.29, 0.717) is 5.82 Å². The summed E-state index contributed by atoms with van der Waals surface area (Å²) in [5, 5.41) is 21.3. The van der Waals surface area contributed by atoms with Crippen LogP contribution < -0.4 is 5.32 Å². The van der Waals surface area contributed by atoms with Crippen molar-refractivity contribution in [3.63, 3.8) is 0 Å². The van der Waals surface area contributed by atoms with Crippen LogP contribution in [0, 0.1) is 19.8 Å². The highest BCUT2D eigenvalue weighted by Crippen LogP contribution is 2.34. The zero-order valence-electron chi connectivity index (χ0n) is 14.0. The molecule has 0 radical (unpaired) electrons. The second kappa shape index (κ2) is 6.83. The average Bonchev–Trinajstić information content (AvgIpc) is 3.01. The number of aromatic nitrogens is 2. The molecule has 23 heavy (non-hydrogen) atoms. The van der Waals surface area contributed by atoms with Gasteiger partial charge in [-0.2, -0.15) is 5.10 Å². The van der Waals surface area contributed by atoms with E-state index in [4.69, 9.17) is 0 Å². The Balaban J connectivity index is 1.69. The minimum atomic E-state index is -0.274. The lowest BCUT2D eigenvalue weighted by atomic mass is 9.80. The van der Waals surface area contributed by atoms with Crippen molar-refractivity contribution < 1.29 is 9.90 Å². The number of carbonyl (C=O) groups excluding carboxylic acids is 1. The van der Waals surface area contributed by atoms with Crippen LogP contribution in [0.5, 0.6) is 0 Å². The van der Waals surface area contributed by atoms with E-state index >= 15 is 0 Å². The van der Waals surface area contributed by atoms with Crippen molar-refractivity contribution >= 4 is 11.8 Å². The Kier molecular flexibility index (Phi) is 4.80. The van der Waals surface area contributed by atoms with Gasteiger partial charge in [-0.3, -0.25) is 5.32 Å². The third kappa shape index (κ3) is 3.47. The summed E-state index contributed by atoms with van der Waals surface area (Å²) in [6.07, 6.45) is 5.82. The zero-order valence-corrected chi connectivity index (χ0v) is 14.0. The SMILES string of the molecule is Cc1cc(NC(=O)N2CCC[C@@H]2[C@H]2CCCC[C@@H]2O)nnc1C. The summed E-state index contributed by atoms with van der Waals surface area (Å²) in [7, 11) is 0. The van der Waals surface area contributed by atoms with Gasteiger partial charge in [0.2, 0.25) is 0 Å². The second-order valence-electron chi connectivity index (χ2n) is 6.85. The van der Waals surface area contributed by atoms with Crippen LogP contribution in [-0.4, -0.2) is 44.9 Å². The van der Waals surface area contributed by atoms with E-state index in [-0.39, 0.29) is 24.1 Å². The van der Waals surface area contributed by atoms with E-state index in [9.17, 15) is 9.90 Å². The molecule has 2 aliphatic rings. The molecule has 1 aliphatic heterocycles. The molecule has 1 aliphatic carbocycles. The molecule has 3 atom stereocenters. The summed E-state index contributed by atoms with van der Waals surface area (Å²) >= 11 is 0. The fourth-order valence-corrected chi connectivity index (χ4v) is 3.87. The minimum Gasteiger partial charge on any atom is -0.393 e. The van der Waals surface area contributed by atoms with Crippen molar-refractivity contribution in [2.45, 2.75) is 64.5 Å². The molecule has 1 saturated carbocycles. The van der Waals surface area contributed by atoms with Gasteiger partial charge in [0.05, 0.1) is 11.8 Å². The predicted octanol–water partition coefficient (Wildman–Crippen LogP) is 2.64. The number of aryl methyl sites for hydroxylation is 2. The number of hydrogen-bond acceptors (Lipinski definition) is 4. The first-order valence-corrected chi connectivity index (χ1v) is 8.63. The zero-order chi connectivity index (χ0) is 16.4. The van der Waals surface area contributed by atoms with Crippen molar-refractivity contribution in [1.29, 1.82) is 0 Å². The maximum Gasteiger partial charge on any atom is 0.323 e. The summed E-state index contributed by atoms with van der Waals surface area (Å²) in [6, 6.07) is 1.87. The lowest BCUT2D eigenvalue weighted by Gasteiger charge is -2.37. The highest BCUT2D eigenvalue weighted by Gasteiger charge is 2.39. The molecule has 0 spiro atoms. The molecular formula is C17H26N4O2. The van der Waals surface area contributed by atoms with Gasteiger partial charge in [0.15, 0.2) is 5.82 Å². The van der Waals surface area contributed by atoms with Gasteiger partial charge >= 0.3 is 6.03 Å². The van der Waals surface area contributed by atoms with Crippen LogP contribution in [0.1, 0.15) is 49.8 Å².